The number of nitrogens with one attached hydrogen (secondary N) is 1. The zero-order chi connectivity index (χ0) is 16.9. The predicted octanol–water partition coefficient (Wildman–Crippen LogP) is 4.05. The van der Waals surface area contributed by atoms with Gasteiger partial charge in [0.25, 0.3) is 0 Å². The van der Waals surface area contributed by atoms with Gasteiger partial charge in [-0.05, 0) is 48.7 Å². The summed E-state index contributed by atoms with van der Waals surface area (Å²) in [6, 6.07) is 7.46. The standard InChI is InChI=1S/C17H20N2O3S2/c1-2-22-16(20)15-11-12-10-13(4-5-14(12)24-15)18-17(21)19-6-3-8-23-9-7-19/h4-5,10-11H,2-3,6-9H2,1H3,(H,18,21). The topological polar surface area (TPSA) is 58.6 Å². The molecular formula is C17H20N2O3S2. The van der Waals surface area contributed by atoms with Gasteiger partial charge in [-0.15, -0.1) is 11.3 Å². The molecule has 1 aromatic heterocycles. The molecule has 0 bridgehead atoms. The molecule has 0 saturated carbocycles. The number of esters is 1. The van der Waals surface area contributed by atoms with E-state index < -0.39 is 0 Å². The fourth-order valence-electron chi connectivity index (χ4n) is 2.58. The molecule has 1 fully saturated rings. The largest absolute Gasteiger partial charge is 0.462 e. The molecule has 0 spiro atoms. The van der Waals surface area contributed by atoms with Crippen molar-refractivity contribution in [3.05, 3.63) is 29.1 Å². The molecule has 2 heterocycles. The summed E-state index contributed by atoms with van der Waals surface area (Å²) < 4.78 is 6.04. The second-order valence-electron chi connectivity index (χ2n) is 5.47. The van der Waals surface area contributed by atoms with Gasteiger partial charge in [-0.25, -0.2) is 9.59 Å². The van der Waals surface area contributed by atoms with Crippen LogP contribution in [-0.2, 0) is 4.74 Å². The zero-order valence-corrected chi connectivity index (χ0v) is 15.2. The second kappa shape index (κ2) is 7.90. The van der Waals surface area contributed by atoms with Gasteiger partial charge in [-0.3, -0.25) is 0 Å². The first-order valence-corrected chi connectivity index (χ1v) is 9.99. The van der Waals surface area contributed by atoms with E-state index in [1.165, 1.54) is 11.3 Å². The number of carbonyl (C=O) groups excluding carboxylic acids is 2. The molecular weight excluding hydrogens is 344 g/mol. The molecule has 1 N–H and O–H groups in total. The summed E-state index contributed by atoms with van der Waals surface area (Å²) in [4.78, 5) is 26.7. The molecule has 2 aromatic rings. The lowest BCUT2D eigenvalue weighted by atomic mass is 10.2. The van der Waals surface area contributed by atoms with Crippen molar-refractivity contribution >= 4 is 50.9 Å². The minimum absolute atomic E-state index is 0.0577. The average Bonchev–Trinajstić information content (AvgIpc) is 2.80. The van der Waals surface area contributed by atoms with Crippen molar-refractivity contribution in [2.45, 2.75) is 13.3 Å². The van der Waals surface area contributed by atoms with Crippen molar-refractivity contribution in [2.24, 2.45) is 0 Å². The maximum absolute atomic E-state index is 12.4. The molecule has 3 rings (SSSR count). The van der Waals surface area contributed by atoms with Crippen LogP contribution >= 0.6 is 23.1 Å². The van der Waals surface area contributed by atoms with Gasteiger partial charge in [0.2, 0.25) is 0 Å². The molecule has 2 amide bonds. The lowest BCUT2D eigenvalue weighted by molar-refractivity contribution is 0.0532. The molecule has 0 atom stereocenters. The van der Waals surface area contributed by atoms with Gasteiger partial charge in [-0.1, -0.05) is 0 Å². The maximum atomic E-state index is 12.4. The fraction of sp³-hybridized carbons (Fsp3) is 0.412. The number of rotatable bonds is 3. The van der Waals surface area contributed by atoms with E-state index in [-0.39, 0.29) is 12.0 Å². The van der Waals surface area contributed by atoms with Crippen LogP contribution < -0.4 is 5.32 Å². The third kappa shape index (κ3) is 4.02. The van der Waals surface area contributed by atoms with E-state index in [1.54, 1.807) is 6.92 Å². The Bertz CT molecular complexity index is 737. The summed E-state index contributed by atoms with van der Waals surface area (Å²) >= 11 is 3.29. The van der Waals surface area contributed by atoms with Crippen LogP contribution in [0.5, 0.6) is 0 Å². The van der Waals surface area contributed by atoms with E-state index in [2.05, 4.69) is 5.32 Å². The normalized spacial score (nSPS) is 15.1. The number of amides is 2. The Labute approximate surface area is 149 Å². The molecule has 7 heteroatoms. The number of carbonyl (C=O) groups is 2. The number of thiophene rings is 1. The minimum atomic E-state index is -0.300. The molecule has 5 nitrogen and oxygen atoms in total. The van der Waals surface area contributed by atoms with Crippen LogP contribution in [0.3, 0.4) is 0 Å². The highest BCUT2D eigenvalue weighted by molar-refractivity contribution is 7.99. The van der Waals surface area contributed by atoms with Crippen LogP contribution in [0.25, 0.3) is 10.1 Å². The average molecular weight is 364 g/mol. The summed E-state index contributed by atoms with van der Waals surface area (Å²) in [5.41, 5.74) is 0.748. The number of benzene rings is 1. The molecule has 0 radical (unpaired) electrons. The molecule has 24 heavy (non-hydrogen) atoms. The van der Waals surface area contributed by atoms with Crippen LogP contribution in [0.1, 0.15) is 23.0 Å². The number of urea groups is 1. The predicted molar refractivity (Wildman–Crippen MR) is 100 cm³/mol. The lowest BCUT2D eigenvalue weighted by Crippen LogP contribution is -2.36. The number of hydrogen-bond donors (Lipinski definition) is 1. The Kier molecular flexibility index (Phi) is 5.63. The Morgan fingerprint density at radius 3 is 2.96 bits per heavy atom. The SMILES string of the molecule is CCOC(=O)c1cc2cc(NC(=O)N3CCCSCC3)ccc2s1. The molecule has 1 aliphatic heterocycles. The minimum Gasteiger partial charge on any atom is -0.462 e. The first-order valence-electron chi connectivity index (χ1n) is 8.02. The summed E-state index contributed by atoms with van der Waals surface area (Å²) in [6.07, 6.45) is 1.03. The smallest absolute Gasteiger partial charge is 0.348 e. The summed E-state index contributed by atoms with van der Waals surface area (Å²) in [6.45, 7) is 3.74. The van der Waals surface area contributed by atoms with E-state index in [0.717, 1.165) is 46.8 Å². The van der Waals surface area contributed by atoms with Gasteiger partial charge < -0.3 is 15.0 Å². The highest BCUT2D eigenvalue weighted by Gasteiger charge is 2.16. The number of thioether (sulfide) groups is 1. The fourth-order valence-corrected chi connectivity index (χ4v) is 4.40. The van der Waals surface area contributed by atoms with Crippen LogP contribution in [0.2, 0.25) is 0 Å². The van der Waals surface area contributed by atoms with E-state index in [1.807, 2.05) is 40.9 Å². The highest BCUT2D eigenvalue weighted by Crippen LogP contribution is 2.29. The van der Waals surface area contributed by atoms with Gasteiger partial charge in [0, 0.05) is 29.2 Å². The molecule has 1 aromatic carbocycles. The van der Waals surface area contributed by atoms with Crippen molar-refractivity contribution in [2.75, 3.05) is 36.5 Å². The third-order valence-corrected chi connectivity index (χ3v) is 5.90. The van der Waals surface area contributed by atoms with Gasteiger partial charge in [0.05, 0.1) is 6.61 Å². The van der Waals surface area contributed by atoms with Crippen molar-refractivity contribution in [3.63, 3.8) is 0 Å². The molecule has 0 unspecified atom stereocenters. The summed E-state index contributed by atoms with van der Waals surface area (Å²) in [5, 5.41) is 3.90. The number of ether oxygens (including phenoxy) is 1. The molecule has 0 aliphatic carbocycles. The number of hydrogen-bond acceptors (Lipinski definition) is 5. The van der Waals surface area contributed by atoms with E-state index in [9.17, 15) is 9.59 Å². The lowest BCUT2D eigenvalue weighted by Gasteiger charge is -2.20. The van der Waals surface area contributed by atoms with Crippen LogP contribution in [0.15, 0.2) is 24.3 Å². The van der Waals surface area contributed by atoms with Gasteiger partial charge in [-0.2, -0.15) is 11.8 Å². The Morgan fingerprint density at radius 2 is 2.12 bits per heavy atom. The molecule has 1 aliphatic rings. The number of nitrogens with zero attached hydrogens (tertiary/aromatic N) is 1. The molecule has 1 saturated heterocycles. The van der Waals surface area contributed by atoms with Crippen LogP contribution in [0, 0.1) is 0 Å². The molecule has 128 valence electrons. The first kappa shape index (κ1) is 17.1. The Hall–Kier alpha value is -1.73. The van der Waals surface area contributed by atoms with E-state index in [4.69, 9.17) is 4.74 Å². The van der Waals surface area contributed by atoms with Gasteiger partial charge in [0.15, 0.2) is 0 Å². The van der Waals surface area contributed by atoms with Gasteiger partial charge >= 0.3 is 12.0 Å². The summed E-state index contributed by atoms with van der Waals surface area (Å²) in [7, 11) is 0. The zero-order valence-electron chi connectivity index (χ0n) is 13.5. The van der Waals surface area contributed by atoms with Crippen LogP contribution in [-0.4, -0.2) is 48.1 Å². The monoisotopic (exact) mass is 364 g/mol. The van der Waals surface area contributed by atoms with Crippen LogP contribution in [0.4, 0.5) is 10.5 Å². The van der Waals surface area contributed by atoms with E-state index in [0.29, 0.717) is 11.5 Å². The Morgan fingerprint density at radius 1 is 1.25 bits per heavy atom. The maximum Gasteiger partial charge on any atom is 0.348 e. The second-order valence-corrected chi connectivity index (χ2v) is 7.78. The first-order chi connectivity index (χ1) is 11.7. The quantitative estimate of drug-likeness (QED) is 0.835. The number of fused-ring (bicyclic) bond motifs is 1. The van der Waals surface area contributed by atoms with Crippen molar-refractivity contribution in [1.82, 2.24) is 4.90 Å². The van der Waals surface area contributed by atoms with Crippen molar-refractivity contribution in [1.29, 1.82) is 0 Å². The third-order valence-electron chi connectivity index (χ3n) is 3.75. The summed E-state index contributed by atoms with van der Waals surface area (Å²) in [5.74, 6) is 1.80. The highest BCUT2D eigenvalue weighted by atomic mass is 32.2. The van der Waals surface area contributed by atoms with Crippen molar-refractivity contribution in [3.8, 4) is 0 Å². The Balaban J connectivity index is 1.72. The van der Waals surface area contributed by atoms with Crippen molar-refractivity contribution < 1.29 is 14.3 Å². The number of anilines is 1. The van der Waals surface area contributed by atoms with Gasteiger partial charge in [0.1, 0.15) is 4.88 Å². The van der Waals surface area contributed by atoms with E-state index >= 15 is 0 Å².